The second-order valence-electron chi connectivity index (χ2n) is 7.64. The number of para-hydroxylation sites is 1. The van der Waals surface area contributed by atoms with Crippen molar-refractivity contribution < 1.29 is 4.79 Å². The highest BCUT2D eigenvalue weighted by Crippen LogP contribution is 2.28. The van der Waals surface area contributed by atoms with Gasteiger partial charge >= 0.3 is 0 Å². The van der Waals surface area contributed by atoms with Crippen LogP contribution in [0.3, 0.4) is 0 Å². The lowest BCUT2D eigenvalue weighted by atomic mass is 10.1. The van der Waals surface area contributed by atoms with Gasteiger partial charge in [-0.2, -0.15) is 10.4 Å². The predicted octanol–water partition coefficient (Wildman–Crippen LogP) is 5.64. The van der Waals surface area contributed by atoms with Crippen LogP contribution in [0.1, 0.15) is 27.2 Å². The van der Waals surface area contributed by atoms with Gasteiger partial charge in [0.2, 0.25) is 0 Å². The highest BCUT2D eigenvalue weighted by Gasteiger charge is 2.16. The molecule has 0 saturated carbocycles. The molecule has 0 radical (unpaired) electrons. The molecule has 3 heterocycles. The van der Waals surface area contributed by atoms with Gasteiger partial charge in [0.15, 0.2) is 0 Å². The molecule has 5 aromatic rings. The number of carbonyl (C=O) groups is 1. The average Bonchev–Trinajstić information content (AvgIpc) is 3.49. The summed E-state index contributed by atoms with van der Waals surface area (Å²) in [5.41, 5.74) is 5.16. The van der Waals surface area contributed by atoms with E-state index in [1.807, 2.05) is 73.1 Å². The van der Waals surface area contributed by atoms with Crippen molar-refractivity contribution in [3.05, 3.63) is 101 Å². The van der Waals surface area contributed by atoms with Gasteiger partial charge in [0.25, 0.3) is 5.91 Å². The summed E-state index contributed by atoms with van der Waals surface area (Å²) in [4.78, 5) is 19.1. The normalized spacial score (nSPS) is 10.8. The first-order chi connectivity index (χ1) is 16.1. The van der Waals surface area contributed by atoms with Crippen LogP contribution >= 0.6 is 11.3 Å². The van der Waals surface area contributed by atoms with Gasteiger partial charge in [0.1, 0.15) is 0 Å². The van der Waals surface area contributed by atoms with Crippen LogP contribution in [-0.2, 0) is 6.54 Å². The summed E-state index contributed by atoms with van der Waals surface area (Å²) in [6.45, 7) is 2.41. The average molecular weight is 450 g/mol. The molecular formula is C26H19N5OS. The SMILES string of the molecule is Cc1nn(Cc2ccc(C#N)cc2)cc1NC(=O)c1cc(-c2cccs2)nc2ccccc12. The number of hydrogen-bond donors (Lipinski definition) is 1. The van der Waals surface area contributed by atoms with Gasteiger partial charge in [-0.05, 0) is 48.2 Å². The summed E-state index contributed by atoms with van der Waals surface area (Å²) in [5, 5.41) is 19.3. The van der Waals surface area contributed by atoms with Crippen molar-refractivity contribution >= 4 is 33.8 Å². The van der Waals surface area contributed by atoms with Crippen LogP contribution in [0.25, 0.3) is 21.5 Å². The Labute approximate surface area is 194 Å². The molecule has 3 aromatic heterocycles. The number of fused-ring (bicyclic) bond motifs is 1. The molecule has 160 valence electrons. The smallest absolute Gasteiger partial charge is 0.256 e. The fourth-order valence-corrected chi connectivity index (χ4v) is 4.38. The lowest BCUT2D eigenvalue weighted by Crippen LogP contribution is -2.13. The summed E-state index contributed by atoms with van der Waals surface area (Å²) in [6, 6.07) is 23.0. The van der Waals surface area contributed by atoms with E-state index in [-0.39, 0.29) is 5.91 Å². The molecule has 1 amide bonds. The molecule has 2 aromatic carbocycles. The summed E-state index contributed by atoms with van der Waals surface area (Å²) < 4.78 is 1.79. The van der Waals surface area contributed by atoms with Crippen molar-refractivity contribution in [3.63, 3.8) is 0 Å². The Morgan fingerprint density at radius 1 is 1.12 bits per heavy atom. The van der Waals surface area contributed by atoms with Crippen molar-refractivity contribution in [1.29, 1.82) is 5.26 Å². The van der Waals surface area contributed by atoms with E-state index in [1.165, 1.54) is 0 Å². The number of nitrogens with zero attached hydrogens (tertiary/aromatic N) is 4. The van der Waals surface area contributed by atoms with Crippen molar-refractivity contribution in [2.75, 3.05) is 5.32 Å². The van der Waals surface area contributed by atoms with E-state index in [0.29, 0.717) is 23.4 Å². The van der Waals surface area contributed by atoms with E-state index in [2.05, 4.69) is 16.5 Å². The number of pyridine rings is 1. The van der Waals surface area contributed by atoms with Gasteiger partial charge in [-0.25, -0.2) is 4.98 Å². The third kappa shape index (κ3) is 4.25. The molecule has 0 saturated heterocycles. The van der Waals surface area contributed by atoms with Gasteiger partial charge in [0.05, 0.1) is 51.2 Å². The van der Waals surface area contributed by atoms with Gasteiger partial charge in [0, 0.05) is 11.6 Å². The van der Waals surface area contributed by atoms with E-state index in [9.17, 15) is 4.79 Å². The number of aromatic nitrogens is 3. The minimum atomic E-state index is -0.201. The summed E-state index contributed by atoms with van der Waals surface area (Å²) >= 11 is 1.59. The monoisotopic (exact) mass is 449 g/mol. The Morgan fingerprint density at radius 2 is 1.94 bits per heavy atom. The number of hydrogen-bond acceptors (Lipinski definition) is 5. The van der Waals surface area contributed by atoms with Crippen molar-refractivity contribution in [2.24, 2.45) is 0 Å². The van der Waals surface area contributed by atoms with E-state index in [4.69, 9.17) is 10.2 Å². The highest BCUT2D eigenvalue weighted by atomic mass is 32.1. The minimum absolute atomic E-state index is 0.201. The predicted molar refractivity (Wildman–Crippen MR) is 130 cm³/mol. The number of thiophene rings is 1. The standard InChI is InChI=1S/C26H19N5OS/c1-17-24(16-31(30-17)15-19-10-8-18(14-27)9-11-19)29-26(32)21-13-23(25-7-4-12-33-25)28-22-6-3-2-5-20(21)22/h2-13,16H,15H2,1H3,(H,29,32). The van der Waals surface area contributed by atoms with Crippen LogP contribution < -0.4 is 5.32 Å². The quantitative estimate of drug-likeness (QED) is 0.376. The maximum absolute atomic E-state index is 13.3. The number of anilines is 1. The van der Waals surface area contributed by atoms with Crippen LogP contribution in [0.2, 0.25) is 0 Å². The molecule has 0 bridgehead atoms. The lowest BCUT2D eigenvalue weighted by Gasteiger charge is -2.09. The van der Waals surface area contributed by atoms with Crippen molar-refractivity contribution in [3.8, 4) is 16.6 Å². The molecule has 7 heteroatoms. The maximum Gasteiger partial charge on any atom is 0.256 e. The third-order valence-electron chi connectivity index (χ3n) is 5.36. The second-order valence-corrected chi connectivity index (χ2v) is 8.59. The number of amides is 1. The third-order valence-corrected chi connectivity index (χ3v) is 6.25. The number of nitrogens with one attached hydrogen (secondary N) is 1. The Balaban J connectivity index is 1.43. The lowest BCUT2D eigenvalue weighted by molar-refractivity contribution is 0.102. The van der Waals surface area contributed by atoms with Gasteiger partial charge in [-0.1, -0.05) is 36.4 Å². The highest BCUT2D eigenvalue weighted by molar-refractivity contribution is 7.13. The molecular weight excluding hydrogens is 430 g/mol. The molecule has 0 aliphatic rings. The number of nitriles is 1. The molecule has 33 heavy (non-hydrogen) atoms. The number of rotatable bonds is 5. The molecule has 0 atom stereocenters. The zero-order valence-corrected chi connectivity index (χ0v) is 18.6. The number of aryl methyl sites for hydroxylation is 1. The minimum Gasteiger partial charge on any atom is -0.319 e. The first-order valence-electron chi connectivity index (χ1n) is 10.4. The van der Waals surface area contributed by atoms with E-state index < -0.39 is 0 Å². The molecule has 0 aliphatic carbocycles. The first kappa shape index (κ1) is 20.6. The zero-order chi connectivity index (χ0) is 22.8. The number of benzene rings is 2. The number of carbonyl (C=O) groups excluding carboxylic acids is 1. The van der Waals surface area contributed by atoms with E-state index >= 15 is 0 Å². The molecule has 6 nitrogen and oxygen atoms in total. The van der Waals surface area contributed by atoms with Gasteiger partial charge < -0.3 is 5.32 Å². The summed E-state index contributed by atoms with van der Waals surface area (Å²) in [5.74, 6) is -0.201. The molecule has 1 N–H and O–H groups in total. The van der Waals surface area contributed by atoms with Crippen LogP contribution in [0.5, 0.6) is 0 Å². The molecule has 0 fully saturated rings. The fraction of sp³-hybridized carbons (Fsp3) is 0.0769. The van der Waals surface area contributed by atoms with Crippen LogP contribution in [0.15, 0.2) is 78.3 Å². The van der Waals surface area contributed by atoms with E-state index in [0.717, 1.165) is 32.7 Å². The van der Waals surface area contributed by atoms with Crippen LogP contribution in [0.4, 0.5) is 5.69 Å². The van der Waals surface area contributed by atoms with Gasteiger partial charge in [-0.3, -0.25) is 9.48 Å². The Kier molecular flexibility index (Phi) is 5.43. The van der Waals surface area contributed by atoms with E-state index in [1.54, 1.807) is 28.2 Å². The Bertz CT molecular complexity index is 1490. The van der Waals surface area contributed by atoms with Gasteiger partial charge in [-0.15, -0.1) is 11.3 Å². The summed E-state index contributed by atoms with van der Waals surface area (Å²) in [6.07, 6.45) is 1.83. The second kappa shape index (κ2) is 8.69. The van der Waals surface area contributed by atoms with Crippen molar-refractivity contribution in [1.82, 2.24) is 14.8 Å². The largest absolute Gasteiger partial charge is 0.319 e. The van der Waals surface area contributed by atoms with Crippen molar-refractivity contribution in [2.45, 2.75) is 13.5 Å². The summed E-state index contributed by atoms with van der Waals surface area (Å²) in [7, 11) is 0. The Hall–Kier alpha value is -4.28. The van der Waals surface area contributed by atoms with Crippen LogP contribution in [-0.4, -0.2) is 20.7 Å². The fourth-order valence-electron chi connectivity index (χ4n) is 3.70. The molecule has 5 rings (SSSR count). The first-order valence-corrected chi connectivity index (χ1v) is 11.3. The molecule has 0 aliphatic heterocycles. The molecule has 0 unspecified atom stereocenters. The zero-order valence-electron chi connectivity index (χ0n) is 17.8. The van der Waals surface area contributed by atoms with Crippen LogP contribution in [0, 0.1) is 18.3 Å². The molecule has 0 spiro atoms. The Morgan fingerprint density at radius 3 is 2.70 bits per heavy atom. The maximum atomic E-state index is 13.3. The topological polar surface area (TPSA) is 83.6 Å².